The monoisotopic (exact) mass is 420 g/mol. The van der Waals surface area contributed by atoms with Crippen molar-refractivity contribution in [1.29, 1.82) is 0 Å². The minimum Gasteiger partial charge on any atom is -0.493 e. The Balaban J connectivity index is 2.11. The molecule has 2 aromatic carbocycles. The molecule has 0 fully saturated rings. The molecule has 26 heavy (non-hydrogen) atoms. The number of carbonyl (C=O) groups is 1. The number of hydrogen-bond donors (Lipinski definition) is 1. The number of hydrogen-bond acceptors (Lipinski definition) is 4. The van der Waals surface area contributed by atoms with Gasteiger partial charge in [0.15, 0.2) is 11.5 Å². The molecule has 0 aliphatic rings. The topological polar surface area (TPSA) is 50.8 Å². The largest absolute Gasteiger partial charge is 0.493 e. The van der Waals surface area contributed by atoms with E-state index in [1.54, 1.807) is 19.2 Å². The Hall–Kier alpha value is -2.05. The lowest BCUT2D eigenvalue weighted by Crippen LogP contribution is -2.15. The molecule has 0 aromatic heterocycles. The second-order valence-corrected chi connectivity index (χ2v) is 6.98. The molecule has 0 heterocycles. The summed E-state index contributed by atoms with van der Waals surface area (Å²) in [6.07, 6.45) is 0.976. The number of carbonyl (C=O) groups excluding carboxylic acids is 1. The zero-order valence-corrected chi connectivity index (χ0v) is 17.2. The summed E-state index contributed by atoms with van der Waals surface area (Å²) in [4.78, 5) is 14.7. The van der Waals surface area contributed by atoms with E-state index in [1.165, 1.54) is 5.56 Å². The van der Waals surface area contributed by atoms with Crippen LogP contribution in [0.3, 0.4) is 0 Å². The lowest BCUT2D eigenvalue weighted by Gasteiger charge is -2.13. The van der Waals surface area contributed by atoms with E-state index in [9.17, 15) is 4.79 Å². The van der Waals surface area contributed by atoms with Crippen molar-refractivity contribution in [3.05, 3.63) is 52.0 Å². The van der Waals surface area contributed by atoms with Gasteiger partial charge >= 0.3 is 0 Å². The van der Waals surface area contributed by atoms with Crippen molar-refractivity contribution in [3.8, 4) is 11.5 Å². The number of methoxy groups -OCH3 is 1. The highest BCUT2D eigenvalue weighted by atomic mass is 79.9. The van der Waals surface area contributed by atoms with Gasteiger partial charge in [0, 0.05) is 17.8 Å². The van der Waals surface area contributed by atoms with Crippen LogP contribution in [0.1, 0.15) is 22.8 Å². The van der Waals surface area contributed by atoms with Gasteiger partial charge in [-0.1, -0.05) is 12.1 Å². The standard InChI is InChI=1S/C20H25BrN2O3/c1-5-26-19-17(21)12-15(13-18(19)25-4)20(24)22-16-8-6-14(7-9-16)10-11-23(2)3/h6-9,12-13H,5,10-11H2,1-4H3,(H,22,24). The minimum atomic E-state index is -0.201. The van der Waals surface area contributed by atoms with Crippen LogP contribution in [-0.2, 0) is 6.42 Å². The fourth-order valence-corrected chi connectivity index (χ4v) is 3.00. The van der Waals surface area contributed by atoms with Gasteiger partial charge in [0.25, 0.3) is 5.91 Å². The molecule has 2 aromatic rings. The van der Waals surface area contributed by atoms with Crippen LogP contribution in [0, 0.1) is 0 Å². The van der Waals surface area contributed by atoms with Crippen molar-refractivity contribution >= 4 is 27.5 Å². The van der Waals surface area contributed by atoms with Gasteiger partial charge in [-0.25, -0.2) is 0 Å². The first-order valence-electron chi connectivity index (χ1n) is 8.50. The summed E-state index contributed by atoms with van der Waals surface area (Å²) in [5.41, 5.74) is 2.49. The number of nitrogens with one attached hydrogen (secondary N) is 1. The van der Waals surface area contributed by atoms with Gasteiger partial charge in [0.1, 0.15) is 0 Å². The van der Waals surface area contributed by atoms with Crippen LogP contribution in [0.25, 0.3) is 0 Å². The van der Waals surface area contributed by atoms with E-state index in [2.05, 4.69) is 40.2 Å². The van der Waals surface area contributed by atoms with Crippen molar-refractivity contribution in [3.63, 3.8) is 0 Å². The van der Waals surface area contributed by atoms with Crippen LogP contribution in [0.4, 0.5) is 5.69 Å². The van der Waals surface area contributed by atoms with Crippen LogP contribution in [0.2, 0.25) is 0 Å². The predicted octanol–water partition coefficient (Wildman–Crippen LogP) is 4.21. The summed E-state index contributed by atoms with van der Waals surface area (Å²) in [5, 5.41) is 2.91. The molecule has 0 aliphatic heterocycles. The molecular weight excluding hydrogens is 396 g/mol. The summed E-state index contributed by atoms with van der Waals surface area (Å²) in [7, 11) is 5.66. The van der Waals surface area contributed by atoms with Gasteiger partial charge in [-0.2, -0.15) is 0 Å². The molecule has 0 bridgehead atoms. The zero-order valence-electron chi connectivity index (χ0n) is 15.6. The van der Waals surface area contributed by atoms with Crippen molar-refractivity contribution in [2.75, 3.05) is 39.7 Å². The van der Waals surface area contributed by atoms with Gasteiger partial charge in [-0.15, -0.1) is 0 Å². The Kier molecular flexibility index (Phi) is 7.48. The van der Waals surface area contributed by atoms with E-state index in [4.69, 9.17) is 9.47 Å². The highest BCUT2D eigenvalue weighted by Crippen LogP contribution is 2.36. The number of nitrogens with zero attached hydrogens (tertiary/aromatic N) is 1. The normalized spacial score (nSPS) is 10.7. The Labute approximate surface area is 163 Å². The van der Waals surface area contributed by atoms with E-state index in [1.807, 2.05) is 31.2 Å². The average molecular weight is 421 g/mol. The van der Waals surface area contributed by atoms with Gasteiger partial charge in [0.05, 0.1) is 18.2 Å². The second kappa shape index (κ2) is 9.59. The molecule has 140 valence electrons. The predicted molar refractivity (Wildman–Crippen MR) is 109 cm³/mol. The molecule has 1 N–H and O–H groups in total. The van der Waals surface area contributed by atoms with Gasteiger partial charge in [-0.3, -0.25) is 4.79 Å². The van der Waals surface area contributed by atoms with Crippen LogP contribution in [-0.4, -0.2) is 45.2 Å². The maximum absolute atomic E-state index is 12.6. The molecule has 0 saturated carbocycles. The Morgan fingerprint density at radius 2 is 1.88 bits per heavy atom. The van der Waals surface area contributed by atoms with Gasteiger partial charge < -0.3 is 19.7 Å². The van der Waals surface area contributed by atoms with Crippen LogP contribution in [0.15, 0.2) is 40.9 Å². The Morgan fingerprint density at radius 3 is 2.46 bits per heavy atom. The van der Waals surface area contributed by atoms with Gasteiger partial charge in [-0.05, 0) is 73.2 Å². The molecule has 0 radical (unpaired) electrons. The summed E-state index contributed by atoms with van der Waals surface area (Å²) in [6.45, 7) is 3.40. The summed E-state index contributed by atoms with van der Waals surface area (Å²) >= 11 is 3.44. The Bertz CT molecular complexity index is 745. The van der Waals surface area contributed by atoms with Crippen molar-refractivity contribution in [1.82, 2.24) is 4.90 Å². The van der Waals surface area contributed by atoms with Crippen molar-refractivity contribution < 1.29 is 14.3 Å². The molecule has 0 spiro atoms. The molecule has 0 unspecified atom stereocenters. The molecular formula is C20H25BrN2O3. The lowest BCUT2D eigenvalue weighted by molar-refractivity contribution is 0.102. The molecule has 0 atom stereocenters. The third kappa shape index (κ3) is 5.47. The molecule has 5 nitrogen and oxygen atoms in total. The maximum Gasteiger partial charge on any atom is 0.255 e. The van der Waals surface area contributed by atoms with Crippen LogP contribution >= 0.6 is 15.9 Å². The van der Waals surface area contributed by atoms with E-state index >= 15 is 0 Å². The molecule has 0 saturated heterocycles. The maximum atomic E-state index is 12.6. The Morgan fingerprint density at radius 1 is 1.19 bits per heavy atom. The third-order valence-corrected chi connectivity index (χ3v) is 4.43. The number of halogens is 1. The fraction of sp³-hybridized carbons (Fsp3) is 0.350. The molecule has 0 aliphatic carbocycles. The number of anilines is 1. The first-order chi connectivity index (χ1) is 12.4. The smallest absolute Gasteiger partial charge is 0.255 e. The van der Waals surface area contributed by atoms with Crippen LogP contribution in [0.5, 0.6) is 11.5 Å². The quantitative estimate of drug-likeness (QED) is 0.694. The minimum absolute atomic E-state index is 0.201. The van der Waals surface area contributed by atoms with Crippen molar-refractivity contribution in [2.45, 2.75) is 13.3 Å². The fourth-order valence-electron chi connectivity index (χ4n) is 2.45. The van der Waals surface area contributed by atoms with Gasteiger partial charge in [0.2, 0.25) is 0 Å². The highest BCUT2D eigenvalue weighted by Gasteiger charge is 2.15. The molecule has 2 rings (SSSR count). The SMILES string of the molecule is CCOc1c(Br)cc(C(=O)Nc2ccc(CCN(C)C)cc2)cc1OC. The highest BCUT2D eigenvalue weighted by molar-refractivity contribution is 9.10. The number of likely N-dealkylation sites (N-methyl/N-ethyl adjacent to an activating group) is 1. The molecule has 1 amide bonds. The van der Waals surface area contributed by atoms with E-state index in [0.29, 0.717) is 28.1 Å². The average Bonchev–Trinajstić information content (AvgIpc) is 2.62. The zero-order chi connectivity index (χ0) is 19.1. The summed E-state index contributed by atoms with van der Waals surface area (Å²) in [5.74, 6) is 0.912. The van der Waals surface area contributed by atoms with E-state index < -0.39 is 0 Å². The van der Waals surface area contributed by atoms with Crippen LogP contribution < -0.4 is 14.8 Å². The number of benzene rings is 2. The first-order valence-corrected chi connectivity index (χ1v) is 9.29. The number of ether oxygens (including phenoxy) is 2. The number of rotatable bonds is 8. The second-order valence-electron chi connectivity index (χ2n) is 6.13. The lowest BCUT2D eigenvalue weighted by atomic mass is 10.1. The van der Waals surface area contributed by atoms with Crippen molar-refractivity contribution in [2.24, 2.45) is 0 Å². The first kappa shape index (κ1) is 20.3. The number of amides is 1. The summed E-state index contributed by atoms with van der Waals surface area (Å²) < 4.78 is 11.6. The summed E-state index contributed by atoms with van der Waals surface area (Å²) in [6, 6.07) is 11.3. The third-order valence-electron chi connectivity index (χ3n) is 3.84. The van der Waals surface area contributed by atoms with E-state index in [0.717, 1.165) is 18.7 Å². The van der Waals surface area contributed by atoms with E-state index in [-0.39, 0.29) is 5.91 Å². The molecule has 6 heteroatoms.